The van der Waals surface area contributed by atoms with E-state index in [0.29, 0.717) is 18.1 Å². The van der Waals surface area contributed by atoms with E-state index in [1.807, 2.05) is 55.5 Å². The van der Waals surface area contributed by atoms with Gasteiger partial charge in [-0.05, 0) is 30.2 Å². The zero-order valence-electron chi connectivity index (χ0n) is 16.3. The van der Waals surface area contributed by atoms with Crippen LogP contribution in [-0.2, 0) is 11.4 Å². The Morgan fingerprint density at radius 1 is 1.14 bits per heavy atom. The van der Waals surface area contributed by atoms with Gasteiger partial charge in [-0.25, -0.2) is 4.79 Å². The van der Waals surface area contributed by atoms with Crippen molar-refractivity contribution in [3.63, 3.8) is 0 Å². The monoisotopic (exact) mass is 386 g/mol. The number of carbonyl (C=O) groups is 2. The zero-order valence-corrected chi connectivity index (χ0v) is 16.3. The molecule has 0 radical (unpaired) electrons. The molecule has 7 heteroatoms. The SMILES string of the molecule is COc1cc(C(C)NC(=O)N(C)CCC(=O)O)ccc1OCc1ccccc1. The first-order valence-corrected chi connectivity index (χ1v) is 8.98. The summed E-state index contributed by atoms with van der Waals surface area (Å²) in [5.41, 5.74) is 1.91. The Hall–Kier alpha value is -3.22. The molecule has 0 spiro atoms. The number of carbonyl (C=O) groups excluding carboxylic acids is 1. The van der Waals surface area contributed by atoms with E-state index < -0.39 is 5.97 Å². The van der Waals surface area contributed by atoms with Crippen LogP contribution in [0, 0.1) is 0 Å². The Balaban J connectivity index is 1.99. The number of hydrogen-bond acceptors (Lipinski definition) is 4. The summed E-state index contributed by atoms with van der Waals surface area (Å²) in [7, 11) is 3.13. The molecule has 7 nitrogen and oxygen atoms in total. The van der Waals surface area contributed by atoms with Crippen LogP contribution in [0.2, 0.25) is 0 Å². The molecule has 0 saturated carbocycles. The van der Waals surface area contributed by atoms with Crippen molar-refractivity contribution in [2.75, 3.05) is 20.7 Å². The van der Waals surface area contributed by atoms with Gasteiger partial charge in [0.05, 0.1) is 19.6 Å². The molecular weight excluding hydrogens is 360 g/mol. The third-order valence-electron chi connectivity index (χ3n) is 4.27. The number of urea groups is 1. The largest absolute Gasteiger partial charge is 0.493 e. The lowest BCUT2D eigenvalue weighted by Crippen LogP contribution is -2.39. The summed E-state index contributed by atoms with van der Waals surface area (Å²) in [5, 5.41) is 11.6. The van der Waals surface area contributed by atoms with Crippen molar-refractivity contribution in [2.45, 2.75) is 26.0 Å². The number of carboxylic acid groups (broad SMARTS) is 1. The molecule has 2 rings (SSSR count). The summed E-state index contributed by atoms with van der Waals surface area (Å²) in [6.07, 6.45) is -0.0976. The second kappa shape index (κ2) is 10.2. The van der Waals surface area contributed by atoms with Crippen molar-refractivity contribution in [1.82, 2.24) is 10.2 Å². The highest BCUT2D eigenvalue weighted by atomic mass is 16.5. The Labute approximate surface area is 164 Å². The maximum absolute atomic E-state index is 12.2. The minimum atomic E-state index is -0.941. The highest BCUT2D eigenvalue weighted by Gasteiger charge is 2.16. The fourth-order valence-electron chi connectivity index (χ4n) is 2.55. The van der Waals surface area contributed by atoms with Gasteiger partial charge in [-0.3, -0.25) is 4.79 Å². The molecule has 0 aliphatic carbocycles. The molecule has 2 N–H and O–H groups in total. The van der Waals surface area contributed by atoms with Crippen LogP contribution >= 0.6 is 0 Å². The molecule has 0 aromatic heterocycles. The van der Waals surface area contributed by atoms with Crippen molar-refractivity contribution in [3.05, 3.63) is 59.7 Å². The molecule has 0 aliphatic rings. The van der Waals surface area contributed by atoms with Crippen molar-refractivity contribution in [3.8, 4) is 11.5 Å². The van der Waals surface area contributed by atoms with Crippen molar-refractivity contribution in [1.29, 1.82) is 0 Å². The molecule has 2 aromatic rings. The van der Waals surface area contributed by atoms with Gasteiger partial charge in [0.2, 0.25) is 0 Å². The number of methoxy groups -OCH3 is 1. The normalized spacial score (nSPS) is 11.4. The number of carboxylic acids is 1. The summed E-state index contributed by atoms with van der Waals surface area (Å²) in [6.45, 7) is 2.42. The van der Waals surface area contributed by atoms with Crippen LogP contribution in [0.5, 0.6) is 11.5 Å². The molecule has 0 bridgehead atoms. The predicted octanol–water partition coefficient (Wildman–Crippen LogP) is 3.45. The Bertz CT molecular complexity index is 795. The molecule has 0 heterocycles. The maximum Gasteiger partial charge on any atom is 0.317 e. The van der Waals surface area contributed by atoms with E-state index in [2.05, 4.69) is 5.32 Å². The van der Waals surface area contributed by atoms with Crippen molar-refractivity contribution in [2.24, 2.45) is 0 Å². The summed E-state index contributed by atoms with van der Waals surface area (Å²) in [4.78, 5) is 24.2. The molecule has 0 aliphatic heterocycles. The van der Waals surface area contributed by atoms with Gasteiger partial charge in [0.25, 0.3) is 0 Å². The lowest BCUT2D eigenvalue weighted by molar-refractivity contribution is -0.137. The highest BCUT2D eigenvalue weighted by Crippen LogP contribution is 2.31. The standard InChI is InChI=1S/C21H26N2O5/c1-15(22-21(26)23(2)12-11-20(24)25)17-9-10-18(19(13-17)27-3)28-14-16-7-5-4-6-8-16/h4-10,13,15H,11-12,14H2,1-3H3,(H,22,26)(H,24,25). The molecule has 1 atom stereocenters. The van der Waals surface area contributed by atoms with Crippen molar-refractivity contribution >= 4 is 12.0 Å². The third-order valence-corrected chi connectivity index (χ3v) is 4.27. The summed E-state index contributed by atoms with van der Waals surface area (Å²) in [6, 6.07) is 14.7. The van der Waals surface area contributed by atoms with Crippen LogP contribution in [0.15, 0.2) is 48.5 Å². The number of aliphatic carboxylic acids is 1. The van der Waals surface area contributed by atoms with Gasteiger partial charge in [-0.15, -0.1) is 0 Å². The second-order valence-electron chi connectivity index (χ2n) is 6.42. The van der Waals surface area contributed by atoms with Crippen LogP contribution in [-0.4, -0.2) is 42.7 Å². The van der Waals surface area contributed by atoms with Crippen LogP contribution in [0.3, 0.4) is 0 Å². The molecule has 2 amide bonds. The number of benzene rings is 2. The Morgan fingerprint density at radius 2 is 1.86 bits per heavy atom. The Morgan fingerprint density at radius 3 is 2.50 bits per heavy atom. The molecule has 0 saturated heterocycles. The van der Waals surface area contributed by atoms with Gasteiger partial charge in [0.15, 0.2) is 11.5 Å². The zero-order chi connectivity index (χ0) is 20.5. The number of hydrogen-bond donors (Lipinski definition) is 2. The minimum absolute atomic E-state index is 0.0976. The van der Waals surface area contributed by atoms with E-state index in [-0.39, 0.29) is 25.0 Å². The fourth-order valence-corrected chi connectivity index (χ4v) is 2.55. The number of nitrogens with one attached hydrogen (secondary N) is 1. The summed E-state index contributed by atoms with van der Waals surface area (Å²) >= 11 is 0. The topological polar surface area (TPSA) is 88.1 Å². The number of amides is 2. The summed E-state index contributed by atoms with van der Waals surface area (Å²) < 4.78 is 11.3. The van der Waals surface area contributed by atoms with Crippen LogP contribution < -0.4 is 14.8 Å². The van der Waals surface area contributed by atoms with E-state index in [1.165, 1.54) is 4.90 Å². The van der Waals surface area contributed by atoms with Gasteiger partial charge in [0.1, 0.15) is 6.61 Å². The van der Waals surface area contributed by atoms with E-state index in [0.717, 1.165) is 11.1 Å². The van der Waals surface area contributed by atoms with Crippen LogP contribution in [0.4, 0.5) is 4.79 Å². The first kappa shape index (κ1) is 21.1. The van der Waals surface area contributed by atoms with E-state index in [4.69, 9.17) is 14.6 Å². The third kappa shape index (κ3) is 6.19. The molecule has 2 aromatic carbocycles. The first-order chi connectivity index (χ1) is 13.4. The summed E-state index contributed by atoms with van der Waals surface area (Å²) in [5.74, 6) is 0.254. The molecule has 28 heavy (non-hydrogen) atoms. The first-order valence-electron chi connectivity index (χ1n) is 8.98. The lowest BCUT2D eigenvalue weighted by Gasteiger charge is -2.22. The van der Waals surface area contributed by atoms with Gasteiger partial charge in [-0.1, -0.05) is 36.4 Å². The van der Waals surface area contributed by atoms with Crippen LogP contribution in [0.1, 0.15) is 30.5 Å². The van der Waals surface area contributed by atoms with Gasteiger partial charge >= 0.3 is 12.0 Å². The molecule has 150 valence electrons. The van der Waals surface area contributed by atoms with E-state index >= 15 is 0 Å². The van der Waals surface area contributed by atoms with Crippen LogP contribution in [0.25, 0.3) is 0 Å². The molecular formula is C21H26N2O5. The smallest absolute Gasteiger partial charge is 0.317 e. The molecule has 0 fully saturated rings. The van der Waals surface area contributed by atoms with Gasteiger partial charge in [0, 0.05) is 13.6 Å². The lowest BCUT2D eigenvalue weighted by atomic mass is 10.1. The highest BCUT2D eigenvalue weighted by molar-refractivity contribution is 5.75. The number of ether oxygens (including phenoxy) is 2. The van der Waals surface area contributed by atoms with E-state index in [9.17, 15) is 9.59 Å². The maximum atomic E-state index is 12.2. The van der Waals surface area contributed by atoms with E-state index in [1.54, 1.807) is 14.2 Å². The van der Waals surface area contributed by atoms with Crippen molar-refractivity contribution < 1.29 is 24.2 Å². The van der Waals surface area contributed by atoms with Gasteiger partial charge < -0.3 is 24.8 Å². The molecule has 1 unspecified atom stereocenters. The average Bonchev–Trinajstić information content (AvgIpc) is 2.70. The quantitative estimate of drug-likeness (QED) is 0.689. The number of rotatable bonds is 9. The second-order valence-corrected chi connectivity index (χ2v) is 6.42. The Kier molecular flexibility index (Phi) is 7.68. The average molecular weight is 386 g/mol. The predicted molar refractivity (Wildman–Crippen MR) is 106 cm³/mol. The fraction of sp³-hybridized carbons (Fsp3) is 0.333. The number of nitrogens with zero attached hydrogens (tertiary/aromatic N) is 1. The van der Waals surface area contributed by atoms with Gasteiger partial charge in [-0.2, -0.15) is 0 Å². The minimum Gasteiger partial charge on any atom is -0.493 e.